The maximum Gasteiger partial charge on any atom is 0.416 e. The lowest BCUT2D eigenvalue weighted by Crippen LogP contribution is -2.62. The largest absolute Gasteiger partial charge is 0.491 e. The number of carbonyl (C=O) groups excluding carboxylic acids is 6. The lowest BCUT2D eigenvalue weighted by molar-refractivity contribution is -0.147. The van der Waals surface area contributed by atoms with Crippen LogP contribution in [0.5, 0.6) is 5.75 Å². The Morgan fingerprint density at radius 1 is 0.772 bits per heavy atom. The molecule has 10 rings (SSSR count). The average molecular weight is 1390 g/mol. The third kappa shape index (κ3) is 20.5. The highest BCUT2D eigenvalue weighted by Crippen LogP contribution is 2.36. The van der Waals surface area contributed by atoms with E-state index in [4.69, 9.17) is 32.8 Å². The van der Waals surface area contributed by atoms with E-state index in [1.807, 2.05) is 99.6 Å². The van der Waals surface area contributed by atoms with Crippen LogP contribution in [0.3, 0.4) is 0 Å². The zero-order valence-electron chi connectivity index (χ0n) is 58.5. The molecule has 3 aliphatic rings. The van der Waals surface area contributed by atoms with Gasteiger partial charge in [0.25, 0.3) is 12.3 Å². The third-order valence-corrected chi connectivity index (χ3v) is 17.6. The molecular formula is C75H91F2N11O13. The summed E-state index contributed by atoms with van der Waals surface area (Å²) in [6.45, 7) is 16.4. The summed E-state index contributed by atoms with van der Waals surface area (Å²) in [7, 11) is 1.47. The van der Waals surface area contributed by atoms with Crippen molar-refractivity contribution in [1.29, 1.82) is 0 Å². The van der Waals surface area contributed by atoms with Crippen molar-refractivity contribution in [1.82, 2.24) is 45.5 Å². The van der Waals surface area contributed by atoms with Gasteiger partial charge in [-0.25, -0.2) is 33.0 Å². The fraction of sp³-hybridized carbons (Fsp3) is 0.453. The number of rotatable bonds is 31. The predicted octanol–water partition coefficient (Wildman–Crippen LogP) is 11.1. The Morgan fingerprint density at radius 2 is 1.49 bits per heavy atom. The summed E-state index contributed by atoms with van der Waals surface area (Å²) in [6, 6.07) is 30.1. The molecule has 538 valence electrons. The first-order chi connectivity index (χ1) is 48.5. The summed E-state index contributed by atoms with van der Waals surface area (Å²) in [4.78, 5) is 96.3. The number of halogens is 2. The van der Waals surface area contributed by atoms with E-state index in [2.05, 4.69) is 42.4 Å². The SMILES string of the molecule is C[C@@H](C(=O)N[C@H](C(=O)N1Cc2cc(OCCOCCOCCOCCNCc3ccc(-n4cc(NC(=O)c5coc(-c6ccnc(N(CC7CC7)C(=O)OC(C)(C)C)c6)n5)c(C(F)F)n4)cc3)ccc2C[C@H]1C(=O)N[C@@H]1CCCc2ccccc21)C(C)(C)C)N(C)C(=O)OCc1ccccc1. The molecule has 0 saturated heterocycles. The van der Waals surface area contributed by atoms with Crippen molar-refractivity contribution < 1.29 is 70.4 Å². The summed E-state index contributed by atoms with van der Waals surface area (Å²) in [5, 5.41) is 16.1. The van der Waals surface area contributed by atoms with Gasteiger partial charge >= 0.3 is 12.2 Å². The molecule has 1 fully saturated rings. The van der Waals surface area contributed by atoms with Crippen LogP contribution in [0, 0.1) is 11.3 Å². The van der Waals surface area contributed by atoms with Gasteiger partial charge in [-0.2, -0.15) is 5.10 Å². The molecular weight excluding hydrogens is 1300 g/mol. The van der Waals surface area contributed by atoms with Gasteiger partial charge in [0.05, 0.1) is 63.3 Å². The Bertz CT molecular complexity index is 3970. The number of benzene rings is 4. The summed E-state index contributed by atoms with van der Waals surface area (Å²) in [5.74, 6) is -0.790. The minimum atomic E-state index is -3.00. The molecule has 2 aliphatic carbocycles. The summed E-state index contributed by atoms with van der Waals surface area (Å²) < 4.78 is 70.1. The van der Waals surface area contributed by atoms with Gasteiger partial charge in [-0.3, -0.25) is 29.0 Å². The first kappa shape index (κ1) is 74.1. The molecule has 7 aromatic rings. The Labute approximate surface area is 587 Å². The lowest BCUT2D eigenvalue weighted by atomic mass is 9.83. The second kappa shape index (κ2) is 34.2. The number of pyridine rings is 1. The molecule has 4 atom stereocenters. The number of hydrogen-bond donors (Lipinski definition) is 4. The van der Waals surface area contributed by atoms with Crippen molar-refractivity contribution in [2.24, 2.45) is 11.3 Å². The molecule has 26 heteroatoms. The highest BCUT2D eigenvalue weighted by molar-refractivity contribution is 6.03. The summed E-state index contributed by atoms with van der Waals surface area (Å²) in [6.07, 6.45) is 4.50. The quantitative estimate of drug-likeness (QED) is 0.0294. The molecule has 1 aliphatic heterocycles. The zero-order chi connectivity index (χ0) is 71.8. The van der Waals surface area contributed by atoms with E-state index < -0.39 is 71.2 Å². The Balaban J connectivity index is 0.634. The van der Waals surface area contributed by atoms with Crippen LogP contribution >= 0.6 is 0 Å². The number of nitrogens with one attached hydrogen (secondary N) is 4. The van der Waals surface area contributed by atoms with Crippen molar-refractivity contribution in [2.75, 3.05) is 76.6 Å². The van der Waals surface area contributed by atoms with Gasteiger partial charge in [0.1, 0.15) is 54.8 Å². The topological polar surface area (TPSA) is 272 Å². The molecule has 0 unspecified atom stereocenters. The first-order valence-corrected chi connectivity index (χ1v) is 34.3. The predicted molar refractivity (Wildman–Crippen MR) is 372 cm³/mol. The Hall–Kier alpha value is -9.63. The van der Waals surface area contributed by atoms with E-state index in [0.717, 1.165) is 66.2 Å². The number of hydrogen-bond acceptors (Lipinski definition) is 17. The second-order valence-electron chi connectivity index (χ2n) is 27.5. The van der Waals surface area contributed by atoms with Gasteiger partial charge < -0.3 is 59.0 Å². The second-order valence-corrected chi connectivity index (χ2v) is 27.5. The molecule has 4 aromatic carbocycles. The molecule has 3 aromatic heterocycles. The standard InChI is InChI=1S/C75H91F2N11O13/c1-48(85(8)72(93)100-46-51-15-10-9-11-16-51)67(89)83-65(74(2,3)4)71(92)86-44-55-39-57(28-25-53(55)40-62(86)69(91)80-59-20-14-18-52-17-12-13-19-58(52)59)98-38-37-97-36-35-96-34-33-95-32-31-78-42-49-23-26-56(27-24-49)88-45-60(64(84-88)66(76)77)81-68(90)61-47-99-70(82-61)54-29-30-79-63(41-54)87(43-50-21-22-50)73(94)101-75(5,6)7/h9-13,15-17,19,23-30,39,41,45,47-48,50,59,62,65-66,78H,14,18,20-22,31-38,40,42-44,46H2,1-8H3,(H,80,91)(H,81,90)(H,83,89)/t48-,59+,62-,65+/m0/s1. The molecule has 101 heavy (non-hydrogen) atoms. The summed E-state index contributed by atoms with van der Waals surface area (Å²) in [5.41, 5.74) is 4.07. The maximum absolute atomic E-state index is 15.1. The van der Waals surface area contributed by atoms with E-state index in [1.165, 1.54) is 39.5 Å². The molecule has 24 nitrogen and oxygen atoms in total. The van der Waals surface area contributed by atoms with Crippen LogP contribution in [0.1, 0.15) is 136 Å². The number of fused-ring (bicyclic) bond motifs is 2. The van der Waals surface area contributed by atoms with Crippen LogP contribution in [0.2, 0.25) is 0 Å². The van der Waals surface area contributed by atoms with Crippen LogP contribution in [0.4, 0.5) is 29.9 Å². The van der Waals surface area contributed by atoms with E-state index >= 15 is 4.79 Å². The minimum absolute atomic E-state index is 0.0265. The molecule has 4 N–H and O–H groups in total. The van der Waals surface area contributed by atoms with Gasteiger partial charge in [0, 0.05) is 51.4 Å². The van der Waals surface area contributed by atoms with Gasteiger partial charge in [-0.15, -0.1) is 0 Å². The fourth-order valence-corrected chi connectivity index (χ4v) is 11.7. The molecule has 0 radical (unpaired) electrons. The number of amides is 6. The molecule has 0 spiro atoms. The third-order valence-electron chi connectivity index (χ3n) is 17.6. The number of alkyl halides is 2. The molecule has 0 bridgehead atoms. The van der Waals surface area contributed by atoms with E-state index in [9.17, 15) is 32.8 Å². The van der Waals surface area contributed by atoms with Crippen molar-refractivity contribution in [3.63, 3.8) is 0 Å². The zero-order valence-corrected chi connectivity index (χ0v) is 58.5. The van der Waals surface area contributed by atoms with Crippen molar-refractivity contribution in [3.05, 3.63) is 173 Å². The molecule has 1 saturated carbocycles. The number of oxazole rings is 1. The number of aryl methyl sites for hydroxylation is 1. The fourth-order valence-electron chi connectivity index (χ4n) is 11.7. The number of aromatic nitrogens is 4. The normalized spacial score (nSPS) is 15.7. The number of carbonyl (C=O) groups is 6. The van der Waals surface area contributed by atoms with Crippen molar-refractivity contribution in [3.8, 4) is 22.9 Å². The minimum Gasteiger partial charge on any atom is -0.491 e. The summed E-state index contributed by atoms with van der Waals surface area (Å²) >= 11 is 0. The van der Waals surface area contributed by atoms with Gasteiger partial charge in [-0.1, -0.05) is 93.6 Å². The van der Waals surface area contributed by atoms with Crippen LogP contribution in [0.15, 0.2) is 132 Å². The number of anilines is 2. The smallest absolute Gasteiger partial charge is 0.416 e. The number of likely N-dealkylation sites (N-methyl/N-ethyl adjacent to an activating group) is 1. The Kier molecular flexibility index (Phi) is 25.0. The van der Waals surface area contributed by atoms with Gasteiger partial charge in [-0.05, 0) is 141 Å². The van der Waals surface area contributed by atoms with Gasteiger partial charge in [0.2, 0.25) is 23.6 Å². The van der Waals surface area contributed by atoms with Crippen LogP contribution in [0.25, 0.3) is 17.1 Å². The lowest BCUT2D eigenvalue weighted by Gasteiger charge is -2.42. The molecule has 6 amide bonds. The van der Waals surface area contributed by atoms with Crippen molar-refractivity contribution in [2.45, 2.75) is 143 Å². The van der Waals surface area contributed by atoms with E-state index in [1.54, 1.807) is 56.9 Å². The van der Waals surface area contributed by atoms with E-state index in [0.29, 0.717) is 81.4 Å². The average Bonchev–Trinajstić information content (AvgIpc) is 1.44. The molecule has 4 heterocycles. The number of nitrogens with zero attached hydrogens (tertiary/aromatic N) is 7. The highest BCUT2D eigenvalue weighted by atomic mass is 19.3. The van der Waals surface area contributed by atoms with E-state index in [-0.39, 0.29) is 62.0 Å². The van der Waals surface area contributed by atoms with Gasteiger partial charge in [0.15, 0.2) is 11.4 Å². The first-order valence-electron chi connectivity index (χ1n) is 34.3. The Morgan fingerprint density at radius 3 is 2.20 bits per heavy atom. The monoisotopic (exact) mass is 1390 g/mol. The van der Waals surface area contributed by atoms with Crippen LogP contribution < -0.4 is 30.9 Å². The highest BCUT2D eigenvalue weighted by Gasteiger charge is 2.44. The van der Waals surface area contributed by atoms with Crippen LogP contribution in [-0.4, -0.2) is 155 Å². The van der Waals surface area contributed by atoms with Crippen LogP contribution in [-0.2, 0) is 70.6 Å². The maximum atomic E-state index is 15.1. The van der Waals surface area contributed by atoms with Crippen molar-refractivity contribution >= 4 is 47.3 Å². The number of ether oxygens (including phenoxy) is 6.